The molecule has 1 aliphatic rings. The lowest BCUT2D eigenvalue weighted by atomic mass is 10.2. The second-order valence-electron chi connectivity index (χ2n) is 6.27. The van der Waals surface area contributed by atoms with Crippen molar-refractivity contribution in [3.8, 4) is 11.5 Å². The Morgan fingerprint density at radius 3 is 2.69 bits per heavy atom. The Hall–Kier alpha value is -2.53. The van der Waals surface area contributed by atoms with Gasteiger partial charge in [-0.15, -0.1) is 0 Å². The molecule has 3 rings (SSSR count). The van der Waals surface area contributed by atoms with Crippen LogP contribution in [-0.4, -0.2) is 31.8 Å². The van der Waals surface area contributed by atoms with E-state index >= 15 is 0 Å². The van der Waals surface area contributed by atoms with Crippen LogP contribution in [0.4, 0.5) is 5.69 Å². The summed E-state index contributed by atoms with van der Waals surface area (Å²) in [7, 11) is 0. The van der Waals surface area contributed by atoms with Gasteiger partial charge in [0.2, 0.25) is 0 Å². The van der Waals surface area contributed by atoms with Gasteiger partial charge in [-0.1, -0.05) is 19.1 Å². The van der Waals surface area contributed by atoms with Crippen molar-refractivity contribution in [2.45, 2.75) is 32.3 Å². The van der Waals surface area contributed by atoms with E-state index in [0.717, 1.165) is 31.6 Å². The zero-order valence-corrected chi connectivity index (χ0v) is 15.1. The first kappa shape index (κ1) is 18.3. The average Bonchev–Trinajstić information content (AvgIpc) is 3.19. The van der Waals surface area contributed by atoms with Crippen LogP contribution in [0.1, 0.15) is 36.5 Å². The van der Waals surface area contributed by atoms with E-state index in [0.29, 0.717) is 30.2 Å². The third kappa shape index (κ3) is 4.99. The maximum atomic E-state index is 12.5. The highest BCUT2D eigenvalue weighted by atomic mass is 16.5. The molecule has 1 heterocycles. The first-order chi connectivity index (χ1) is 12.8. The van der Waals surface area contributed by atoms with E-state index in [-0.39, 0.29) is 12.0 Å². The second-order valence-corrected chi connectivity index (χ2v) is 6.27. The summed E-state index contributed by atoms with van der Waals surface area (Å²) in [5.74, 6) is 1.18. The Morgan fingerprint density at radius 1 is 1.15 bits per heavy atom. The molecule has 26 heavy (non-hydrogen) atoms. The van der Waals surface area contributed by atoms with E-state index in [4.69, 9.17) is 14.2 Å². The van der Waals surface area contributed by atoms with Crippen molar-refractivity contribution in [1.82, 2.24) is 0 Å². The zero-order chi connectivity index (χ0) is 18.2. The lowest BCUT2D eigenvalue weighted by Gasteiger charge is -2.13. The van der Waals surface area contributed by atoms with Crippen LogP contribution < -0.4 is 14.8 Å². The van der Waals surface area contributed by atoms with E-state index in [2.05, 4.69) is 5.32 Å². The van der Waals surface area contributed by atoms with Crippen molar-refractivity contribution in [3.05, 3.63) is 54.1 Å². The number of carbonyl (C=O) groups excluding carboxylic acids is 1. The number of hydrogen-bond donors (Lipinski definition) is 1. The lowest BCUT2D eigenvalue weighted by Crippen LogP contribution is -2.16. The summed E-state index contributed by atoms with van der Waals surface area (Å²) in [5, 5.41) is 2.90. The summed E-state index contributed by atoms with van der Waals surface area (Å²) in [6, 6.07) is 14.6. The van der Waals surface area contributed by atoms with Gasteiger partial charge in [-0.2, -0.15) is 0 Å². The topological polar surface area (TPSA) is 56.8 Å². The van der Waals surface area contributed by atoms with E-state index in [1.54, 1.807) is 6.07 Å². The molecule has 0 aliphatic carbocycles. The summed E-state index contributed by atoms with van der Waals surface area (Å²) in [4.78, 5) is 12.5. The van der Waals surface area contributed by atoms with Gasteiger partial charge in [-0.3, -0.25) is 4.79 Å². The first-order valence-electron chi connectivity index (χ1n) is 9.14. The molecule has 5 nitrogen and oxygen atoms in total. The van der Waals surface area contributed by atoms with Crippen molar-refractivity contribution >= 4 is 11.6 Å². The predicted octanol–water partition coefficient (Wildman–Crippen LogP) is 4.29. The van der Waals surface area contributed by atoms with Gasteiger partial charge < -0.3 is 19.5 Å². The molecule has 1 aliphatic heterocycles. The van der Waals surface area contributed by atoms with Crippen molar-refractivity contribution < 1.29 is 19.0 Å². The zero-order valence-electron chi connectivity index (χ0n) is 15.1. The normalized spacial score (nSPS) is 16.3. The number of rotatable bonds is 8. The minimum atomic E-state index is -0.190. The summed E-state index contributed by atoms with van der Waals surface area (Å²) in [6.07, 6.45) is 3.23. The Balaban J connectivity index is 1.57. The molecular formula is C21H25NO4. The van der Waals surface area contributed by atoms with E-state index < -0.39 is 0 Å². The van der Waals surface area contributed by atoms with Gasteiger partial charge >= 0.3 is 0 Å². The molecule has 1 atom stereocenters. The predicted molar refractivity (Wildman–Crippen MR) is 101 cm³/mol. The number of amides is 1. The van der Waals surface area contributed by atoms with E-state index in [1.165, 1.54) is 0 Å². The number of benzene rings is 2. The Labute approximate surface area is 154 Å². The highest BCUT2D eigenvalue weighted by Crippen LogP contribution is 2.22. The van der Waals surface area contributed by atoms with Crippen LogP contribution in [0.2, 0.25) is 0 Å². The third-order valence-corrected chi connectivity index (χ3v) is 4.17. The molecular weight excluding hydrogens is 330 g/mol. The number of ether oxygens (including phenoxy) is 3. The van der Waals surface area contributed by atoms with E-state index in [9.17, 15) is 4.79 Å². The minimum absolute atomic E-state index is 0.189. The van der Waals surface area contributed by atoms with Crippen LogP contribution in [-0.2, 0) is 4.74 Å². The maximum Gasteiger partial charge on any atom is 0.259 e. The van der Waals surface area contributed by atoms with Crippen LogP contribution in [0.15, 0.2) is 48.5 Å². The van der Waals surface area contributed by atoms with Gasteiger partial charge in [0.25, 0.3) is 5.91 Å². The number of anilines is 1. The molecule has 1 amide bonds. The second kappa shape index (κ2) is 9.25. The molecule has 0 radical (unpaired) electrons. The van der Waals surface area contributed by atoms with Gasteiger partial charge in [0.1, 0.15) is 18.1 Å². The number of carbonyl (C=O) groups is 1. The molecule has 2 aromatic carbocycles. The molecule has 1 saturated heterocycles. The van der Waals surface area contributed by atoms with Crippen LogP contribution in [0.3, 0.4) is 0 Å². The highest BCUT2D eigenvalue weighted by molar-refractivity contribution is 6.06. The molecule has 1 N–H and O–H groups in total. The van der Waals surface area contributed by atoms with Crippen LogP contribution >= 0.6 is 0 Å². The Bertz CT molecular complexity index is 708. The molecule has 2 aromatic rings. The average molecular weight is 355 g/mol. The highest BCUT2D eigenvalue weighted by Gasteiger charge is 2.16. The lowest BCUT2D eigenvalue weighted by molar-refractivity contribution is 0.0679. The minimum Gasteiger partial charge on any atom is -0.493 e. The smallest absolute Gasteiger partial charge is 0.259 e. The molecule has 1 fully saturated rings. The van der Waals surface area contributed by atoms with Gasteiger partial charge in [-0.25, -0.2) is 0 Å². The monoisotopic (exact) mass is 355 g/mol. The Kier molecular flexibility index (Phi) is 6.50. The van der Waals surface area contributed by atoms with Crippen molar-refractivity contribution in [1.29, 1.82) is 0 Å². The van der Waals surface area contributed by atoms with E-state index in [1.807, 2.05) is 49.4 Å². The van der Waals surface area contributed by atoms with Gasteiger partial charge in [0.15, 0.2) is 0 Å². The molecule has 0 unspecified atom stereocenters. The Morgan fingerprint density at radius 2 is 1.96 bits per heavy atom. The molecule has 138 valence electrons. The van der Waals surface area contributed by atoms with Crippen LogP contribution in [0, 0.1) is 0 Å². The quantitative estimate of drug-likeness (QED) is 0.768. The molecule has 0 aromatic heterocycles. The molecule has 0 spiro atoms. The first-order valence-corrected chi connectivity index (χ1v) is 9.14. The van der Waals surface area contributed by atoms with Gasteiger partial charge in [-0.05, 0) is 55.7 Å². The summed E-state index contributed by atoms with van der Waals surface area (Å²) in [5.41, 5.74) is 1.24. The summed E-state index contributed by atoms with van der Waals surface area (Å²) >= 11 is 0. The fourth-order valence-corrected chi connectivity index (χ4v) is 2.79. The summed E-state index contributed by atoms with van der Waals surface area (Å²) in [6.45, 7) is 4.00. The molecule has 5 heteroatoms. The maximum absolute atomic E-state index is 12.5. The van der Waals surface area contributed by atoms with Crippen molar-refractivity contribution in [2.24, 2.45) is 0 Å². The SMILES string of the molecule is CCCOc1ccccc1C(=O)Nc1ccc(OC[C@@H]2CCCO2)cc1. The number of hydrogen-bond acceptors (Lipinski definition) is 4. The van der Waals surface area contributed by atoms with Crippen molar-refractivity contribution in [3.63, 3.8) is 0 Å². The van der Waals surface area contributed by atoms with Gasteiger partial charge in [0, 0.05) is 12.3 Å². The molecule has 0 bridgehead atoms. The standard InChI is InChI=1S/C21H25NO4/c1-2-13-25-20-8-4-3-7-19(20)21(23)22-16-9-11-17(12-10-16)26-15-18-6-5-14-24-18/h3-4,7-12,18H,2,5-6,13-15H2,1H3,(H,22,23)/t18-/m0/s1. The van der Waals surface area contributed by atoms with Crippen molar-refractivity contribution in [2.75, 3.05) is 25.1 Å². The third-order valence-electron chi connectivity index (χ3n) is 4.17. The van der Waals surface area contributed by atoms with Gasteiger partial charge in [0.05, 0.1) is 18.3 Å². The van der Waals surface area contributed by atoms with Crippen LogP contribution in [0.5, 0.6) is 11.5 Å². The number of para-hydroxylation sites is 1. The fraction of sp³-hybridized carbons (Fsp3) is 0.381. The number of nitrogens with one attached hydrogen (secondary N) is 1. The summed E-state index contributed by atoms with van der Waals surface area (Å²) < 4.78 is 16.9. The molecule has 0 saturated carbocycles. The largest absolute Gasteiger partial charge is 0.493 e. The van der Waals surface area contributed by atoms with Crippen LogP contribution in [0.25, 0.3) is 0 Å². The fourth-order valence-electron chi connectivity index (χ4n) is 2.79.